The van der Waals surface area contributed by atoms with Crippen LogP contribution in [0.5, 0.6) is 5.75 Å². The van der Waals surface area contributed by atoms with Gasteiger partial charge in [-0.2, -0.15) is 0 Å². The maximum atomic E-state index is 13.6. The molecule has 1 aliphatic heterocycles. The molecule has 0 saturated carbocycles. The molecule has 0 saturated heterocycles. The van der Waals surface area contributed by atoms with Gasteiger partial charge in [-0.15, -0.1) is 0 Å². The molecule has 208 valence electrons. The van der Waals surface area contributed by atoms with Crippen LogP contribution in [0.1, 0.15) is 22.3 Å². The first-order valence-corrected chi connectivity index (χ1v) is 12.5. The van der Waals surface area contributed by atoms with Crippen molar-refractivity contribution in [2.75, 3.05) is 14.2 Å². The molecule has 0 fully saturated rings. The number of non-ortho nitro benzene ring substituents is 1. The van der Waals surface area contributed by atoms with E-state index in [1.54, 1.807) is 0 Å². The number of fused-ring (bicyclic) bond motifs is 1. The fourth-order valence-corrected chi connectivity index (χ4v) is 4.61. The SMILES string of the molecule is COC(=O)[C@@H](Cc1cc([N+](=O)[O-])ccc1OC)NC(=O)[C@@H]1Cc2ccccc2CN1C(=O)OCc1ccccc1. The summed E-state index contributed by atoms with van der Waals surface area (Å²) < 4.78 is 15.8. The van der Waals surface area contributed by atoms with E-state index in [2.05, 4.69) is 5.32 Å². The van der Waals surface area contributed by atoms with Crippen LogP contribution in [-0.2, 0) is 45.1 Å². The Hall–Kier alpha value is -4.93. The van der Waals surface area contributed by atoms with Gasteiger partial charge in [-0.1, -0.05) is 54.6 Å². The molecule has 11 heteroatoms. The molecule has 3 aromatic carbocycles. The minimum Gasteiger partial charge on any atom is -0.496 e. The van der Waals surface area contributed by atoms with Gasteiger partial charge in [-0.05, 0) is 22.8 Å². The van der Waals surface area contributed by atoms with Crippen molar-refractivity contribution >= 4 is 23.7 Å². The lowest BCUT2D eigenvalue weighted by Gasteiger charge is -2.35. The van der Waals surface area contributed by atoms with Crippen LogP contribution in [0.25, 0.3) is 0 Å². The summed E-state index contributed by atoms with van der Waals surface area (Å²) in [7, 11) is 2.57. The Labute approximate surface area is 230 Å². The first-order chi connectivity index (χ1) is 19.3. The third-order valence-corrected chi connectivity index (χ3v) is 6.69. The number of esters is 1. The molecule has 1 N–H and O–H groups in total. The zero-order valence-electron chi connectivity index (χ0n) is 22.1. The Morgan fingerprint density at radius 2 is 1.73 bits per heavy atom. The van der Waals surface area contributed by atoms with Crippen LogP contribution in [-0.4, -0.2) is 54.1 Å². The second-order valence-electron chi connectivity index (χ2n) is 9.20. The van der Waals surface area contributed by atoms with Crippen molar-refractivity contribution in [3.05, 3.63) is 105 Å². The Balaban J connectivity index is 1.57. The highest BCUT2D eigenvalue weighted by Gasteiger charge is 2.37. The third-order valence-electron chi connectivity index (χ3n) is 6.69. The molecule has 0 spiro atoms. The highest BCUT2D eigenvalue weighted by molar-refractivity contribution is 5.90. The third kappa shape index (κ3) is 6.55. The Morgan fingerprint density at radius 3 is 2.40 bits per heavy atom. The zero-order valence-corrected chi connectivity index (χ0v) is 22.1. The summed E-state index contributed by atoms with van der Waals surface area (Å²) in [6, 6.07) is 18.5. The average molecular weight is 548 g/mol. The van der Waals surface area contributed by atoms with Gasteiger partial charge in [-0.25, -0.2) is 9.59 Å². The maximum Gasteiger partial charge on any atom is 0.411 e. The molecule has 2 amide bonds. The fraction of sp³-hybridized carbons (Fsp3) is 0.276. The number of nitrogens with one attached hydrogen (secondary N) is 1. The van der Waals surface area contributed by atoms with Crippen LogP contribution < -0.4 is 10.1 Å². The largest absolute Gasteiger partial charge is 0.496 e. The van der Waals surface area contributed by atoms with Gasteiger partial charge in [0.05, 0.1) is 25.7 Å². The molecule has 2 atom stereocenters. The second-order valence-corrected chi connectivity index (χ2v) is 9.20. The van der Waals surface area contributed by atoms with Crippen molar-refractivity contribution < 1.29 is 33.5 Å². The number of nitro benzene ring substituents is 1. The molecular weight excluding hydrogens is 518 g/mol. The molecule has 0 bridgehead atoms. The molecule has 40 heavy (non-hydrogen) atoms. The maximum absolute atomic E-state index is 13.6. The summed E-state index contributed by atoms with van der Waals surface area (Å²) >= 11 is 0. The van der Waals surface area contributed by atoms with Gasteiger partial charge in [0.25, 0.3) is 5.69 Å². The van der Waals surface area contributed by atoms with Crippen LogP contribution in [0.4, 0.5) is 10.5 Å². The van der Waals surface area contributed by atoms with Crippen molar-refractivity contribution in [2.45, 2.75) is 38.1 Å². The average Bonchev–Trinajstić information content (AvgIpc) is 2.98. The first-order valence-electron chi connectivity index (χ1n) is 12.5. The number of hydrogen-bond donors (Lipinski definition) is 1. The van der Waals surface area contributed by atoms with E-state index in [0.717, 1.165) is 16.7 Å². The van der Waals surface area contributed by atoms with E-state index in [0.29, 0.717) is 11.3 Å². The summed E-state index contributed by atoms with van der Waals surface area (Å²) in [4.78, 5) is 51.6. The lowest BCUT2D eigenvalue weighted by atomic mass is 9.93. The monoisotopic (exact) mass is 547 g/mol. The standard InChI is InChI=1S/C29H29N3O8/c1-38-26-13-12-23(32(36)37)14-22(26)15-24(28(34)39-2)30-27(33)25-16-20-10-6-7-11-21(20)17-31(25)29(35)40-18-19-8-4-3-5-9-19/h3-14,24-25H,15-18H2,1-2H3,(H,30,33)/t24-,25+/m1/s1. The van der Waals surface area contributed by atoms with Crippen LogP contribution in [0.2, 0.25) is 0 Å². The van der Waals surface area contributed by atoms with Crippen molar-refractivity contribution in [1.29, 1.82) is 0 Å². The zero-order chi connectivity index (χ0) is 28.6. The number of carbonyl (C=O) groups is 3. The number of rotatable bonds is 9. The van der Waals surface area contributed by atoms with Gasteiger partial charge in [0.2, 0.25) is 5.91 Å². The minimum absolute atomic E-state index is 0.0313. The van der Waals surface area contributed by atoms with Gasteiger partial charge in [0.1, 0.15) is 24.4 Å². The number of nitrogens with zero attached hydrogens (tertiary/aromatic N) is 2. The number of amides is 2. The van der Waals surface area contributed by atoms with E-state index in [1.807, 2.05) is 54.6 Å². The van der Waals surface area contributed by atoms with Crippen molar-refractivity contribution in [3.63, 3.8) is 0 Å². The van der Waals surface area contributed by atoms with E-state index in [1.165, 1.54) is 37.3 Å². The van der Waals surface area contributed by atoms with E-state index >= 15 is 0 Å². The lowest BCUT2D eigenvalue weighted by Crippen LogP contribution is -2.56. The summed E-state index contributed by atoms with van der Waals surface area (Å²) in [5.74, 6) is -1.03. The number of carbonyl (C=O) groups excluding carboxylic acids is 3. The predicted molar refractivity (Wildman–Crippen MR) is 143 cm³/mol. The number of nitro groups is 1. The number of methoxy groups -OCH3 is 2. The highest BCUT2D eigenvalue weighted by atomic mass is 16.6. The molecule has 0 aromatic heterocycles. The molecule has 4 rings (SSSR count). The summed E-state index contributed by atoms with van der Waals surface area (Å²) in [6.07, 6.45) is -0.602. The highest BCUT2D eigenvalue weighted by Crippen LogP contribution is 2.27. The van der Waals surface area contributed by atoms with Crippen LogP contribution >= 0.6 is 0 Å². The van der Waals surface area contributed by atoms with Crippen molar-refractivity contribution in [1.82, 2.24) is 10.2 Å². The van der Waals surface area contributed by atoms with Crippen LogP contribution in [0.3, 0.4) is 0 Å². The van der Waals surface area contributed by atoms with E-state index in [9.17, 15) is 24.5 Å². The minimum atomic E-state index is -1.20. The van der Waals surface area contributed by atoms with Gasteiger partial charge in [0.15, 0.2) is 0 Å². The van der Waals surface area contributed by atoms with Crippen LogP contribution in [0.15, 0.2) is 72.8 Å². The van der Waals surface area contributed by atoms with E-state index < -0.39 is 35.0 Å². The van der Waals surface area contributed by atoms with Gasteiger partial charge in [-0.3, -0.25) is 19.8 Å². The van der Waals surface area contributed by atoms with Gasteiger partial charge in [0, 0.05) is 30.5 Å². The topological polar surface area (TPSA) is 137 Å². The quantitative estimate of drug-likeness (QED) is 0.244. The fourth-order valence-electron chi connectivity index (χ4n) is 4.61. The molecule has 0 aliphatic carbocycles. The van der Waals surface area contributed by atoms with Gasteiger partial charge < -0.3 is 19.5 Å². The number of benzene rings is 3. The molecular formula is C29H29N3O8. The second kappa shape index (κ2) is 12.7. The predicted octanol–water partition coefficient (Wildman–Crippen LogP) is 3.57. The molecule has 0 radical (unpaired) electrons. The molecule has 0 unspecified atom stereocenters. The summed E-state index contributed by atoms with van der Waals surface area (Å²) in [5.41, 5.74) is 2.71. The molecule has 11 nitrogen and oxygen atoms in total. The summed E-state index contributed by atoms with van der Waals surface area (Å²) in [5, 5.41) is 14.0. The van der Waals surface area contributed by atoms with E-state index in [4.69, 9.17) is 14.2 Å². The smallest absolute Gasteiger partial charge is 0.411 e. The Morgan fingerprint density at radius 1 is 1.02 bits per heavy atom. The van der Waals surface area contributed by atoms with Crippen molar-refractivity contribution in [2.24, 2.45) is 0 Å². The van der Waals surface area contributed by atoms with E-state index in [-0.39, 0.29) is 31.7 Å². The molecule has 1 heterocycles. The first kappa shape index (κ1) is 28.1. The van der Waals surface area contributed by atoms with Crippen molar-refractivity contribution in [3.8, 4) is 5.75 Å². The summed E-state index contributed by atoms with van der Waals surface area (Å²) in [6.45, 7) is 0.174. The molecule has 1 aliphatic rings. The number of ether oxygens (including phenoxy) is 3. The van der Waals surface area contributed by atoms with Crippen LogP contribution in [0, 0.1) is 10.1 Å². The lowest BCUT2D eigenvalue weighted by molar-refractivity contribution is -0.384. The Bertz CT molecular complexity index is 1400. The van der Waals surface area contributed by atoms with Gasteiger partial charge >= 0.3 is 12.1 Å². The molecule has 3 aromatic rings. The Kier molecular flexibility index (Phi) is 8.95. The number of hydrogen-bond acceptors (Lipinski definition) is 8. The normalized spacial score (nSPS) is 14.8.